The largest absolute Gasteiger partial charge is 0.374 e. The summed E-state index contributed by atoms with van der Waals surface area (Å²) in [4.78, 5) is 11.4. The lowest BCUT2D eigenvalue weighted by Crippen LogP contribution is -2.33. The fourth-order valence-corrected chi connectivity index (χ4v) is 2.50. The van der Waals surface area contributed by atoms with E-state index in [1.54, 1.807) is 0 Å². The van der Waals surface area contributed by atoms with E-state index in [-0.39, 0.29) is 0 Å². The van der Waals surface area contributed by atoms with Gasteiger partial charge in [-0.15, -0.1) is 0 Å². The molecule has 6 nitrogen and oxygen atoms in total. The molecular weight excluding hydrogens is 266 g/mol. The van der Waals surface area contributed by atoms with Crippen LogP contribution in [-0.4, -0.2) is 54.7 Å². The number of rotatable bonds is 8. The fourth-order valence-electron chi connectivity index (χ4n) is 2.50. The Bertz CT molecular complexity index is 421. The summed E-state index contributed by atoms with van der Waals surface area (Å²) in [5.74, 6) is 2.39. The van der Waals surface area contributed by atoms with Crippen molar-refractivity contribution in [2.24, 2.45) is 0 Å². The number of hydrogen-bond donors (Lipinski definition) is 2. The van der Waals surface area contributed by atoms with E-state index >= 15 is 0 Å². The molecule has 1 aliphatic heterocycles. The van der Waals surface area contributed by atoms with Crippen LogP contribution < -0.4 is 10.6 Å². The number of anilines is 2. The van der Waals surface area contributed by atoms with Crippen molar-refractivity contribution in [3.63, 3.8) is 0 Å². The molecule has 0 unspecified atom stereocenters. The molecular formula is C15H27N5O. The average molecular weight is 293 g/mol. The molecule has 0 saturated carbocycles. The molecule has 21 heavy (non-hydrogen) atoms. The third-order valence-electron chi connectivity index (χ3n) is 3.65. The second-order valence-corrected chi connectivity index (χ2v) is 5.27. The Hall–Kier alpha value is -1.40. The molecule has 0 amide bonds. The number of likely N-dealkylation sites (tertiary alicyclic amines) is 1. The van der Waals surface area contributed by atoms with Crippen LogP contribution in [0.5, 0.6) is 0 Å². The number of ether oxygens (including phenoxy) is 1. The van der Waals surface area contributed by atoms with Crippen LogP contribution >= 0.6 is 0 Å². The van der Waals surface area contributed by atoms with E-state index in [0.717, 1.165) is 24.7 Å². The molecule has 0 spiro atoms. The van der Waals surface area contributed by atoms with Gasteiger partial charge in [-0.2, -0.15) is 0 Å². The lowest BCUT2D eigenvalue weighted by atomic mass is 10.1. The third-order valence-corrected chi connectivity index (χ3v) is 3.65. The molecule has 6 heteroatoms. The Morgan fingerprint density at radius 1 is 1.19 bits per heavy atom. The maximum atomic E-state index is 5.38. The summed E-state index contributed by atoms with van der Waals surface area (Å²) in [5.41, 5.74) is 0. The lowest BCUT2D eigenvalue weighted by molar-refractivity contribution is 0.128. The smallest absolute Gasteiger partial charge is 0.158 e. The van der Waals surface area contributed by atoms with Crippen LogP contribution in [0.1, 0.15) is 32.0 Å². The van der Waals surface area contributed by atoms with Gasteiger partial charge in [0.1, 0.15) is 18.2 Å². The minimum atomic E-state index is 0.451. The molecule has 0 atom stereocenters. The Labute approximate surface area is 127 Å². The number of hydrogen-bond acceptors (Lipinski definition) is 6. The molecule has 2 N–H and O–H groups in total. The summed E-state index contributed by atoms with van der Waals surface area (Å²) in [5, 5.41) is 6.46. The van der Waals surface area contributed by atoms with Crippen molar-refractivity contribution in [2.45, 2.75) is 32.8 Å². The van der Waals surface area contributed by atoms with E-state index in [2.05, 4.69) is 25.5 Å². The van der Waals surface area contributed by atoms with Gasteiger partial charge >= 0.3 is 0 Å². The SMILES string of the molecule is CCOCc1nc(NC)cc(NCCN2CCCCC2)n1. The predicted molar refractivity (Wildman–Crippen MR) is 85.7 cm³/mol. The van der Waals surface area contributed by atoms with Crippen molar-refractivity contribution in [1.29, 1.82) is 0 Å². The number of nitrogens with zero attached hydrogens (tertiary/aromatic N) is 3. The highest BCUT2D eigenvalue weighted by Crippen LogP contribution is 2.12. The molecule has 1 fully saturated rings. The molecule has 0 aliphatic carbocycles. The zero-order valence-electron chi connectivity index (χ0n) is 13.2. The Morgan fingerprint density at radius 3 is 2.67 bits per heavy atom. The van der Waals surface area contributed by atoms with Gasteiger partial charge < -0.3 is 20.3 Å². The number of aromatic nitrogens is 2. The van der Waals surface area contributed by atoms with Crippen LogP contribution in [-0.2, 0) is 11.3 Å². The minimum Gasteiger partial charge on any atom is -0.374 e. The van der Waals surface area contributed by atoms with Crippen molar-refractivity contribution >= 4 is 11.6 Å². The summed E-state index contributed by atoms with van der Waals surface area (Å²) >= 11 is 0. The molecule has 2 heterocycles. The first-order valence-corrected chi connectivity index (χ1v) is 7.91. The van der Waals surface area contributed by atoms with Gasteiger partial charge in [0.05, 0.1) is 0 Å². The van der Waals surface area contributed by atoms with Crippen LogP contribution in [0.3, 0.4) is 0 Å². The molecule has 2 rings (SSSR count). The first-order chi connectivity index (χ1) is 10.3. The molecule has 1 saturated heterocycles. The monoisotopic (exact) mass is 293 g/mol. The first kappa shape index (κ1) is 16.0. The Kier molecular flexibility index (Phi) is 6.69. The second kappa shape index (κ2) is 8.79. The maximum absolute atomic E-state index is 5.38. The molecule has 0 aromatic carbocycles. The van der Waals surface area contributed by atoms with Gasteiger partial charge in [-0.25, -0.2) is 9.97 Å². The first-order valence-electron chi connectivity index (χ1n) is 7.91. The molecule has 1 aromatic heterocycles. The van der Waals surface area contributed by atoms with Crippen LogP contribution in [0.2, 0.25) is 0 Å². The average Bonchev–Trinajstić information content (AvgIpc) is 2.53. The van der Waals surface area contributed by atoms with Crippen molar-refractivity contribution in [3.05, 3.63) is 11.9 Å². The van der Waals surface area contributed by atoms with Gasteiger partial charge in [0.2, 0.25) is 0 Å². The van der Waals surface area contributed by atoms with Crippen molar-refractivity contribution in [2.75, 3.05) is 50.5 Å². The van der Waals surface area contributed by atoms with Gasteiger partial charge in [0.15, 0.2) is 5.82 Å². The highest BCUT2D eigenvalue weighted by Gasteiger charge is 2.09. The van der Waals surface area contributed by atoms with Gasteiger partial charge in [0, 0.05) is 32.8 Å². The standard InChI is InChI=1S/C15H27N5O/c1-3-21-12-15-18-13(16-2)11-14(19-15)17-7-10-20-8-5-4-6-9-20/h11H,3-10,12H2,1-2H3,(H2,16,17,18,19). The fraction of sp³-hybridized carbons (Fsp3) is 0.733. The summed E-state index contributed by atoms with van der Waals surface area (Å²) in [6, 6.07) is 1.94. The Morgan fingerprint density at radius 2 is 1.95 bits per heavy atom. The molecule has 0 radical (unpaired) electrons. The maximum Gasteiger partial charge on any atom is 0.158 e. The predicted octanol–water partition coefficient (Wildman–Crippen LogP) is 1.95. The van der Waals surface area contributed by atoms with Gasteiger partial charge in [0.25, 0.3) is 0 Å². The van der Waals surface area contributed by atoms with Crippen LogP contribution in [0.4, 0.5) is 11.6 Å². The Balaban J connectivity index is 1.85. The lowest BCUT2D eigenvalue weighted by Gasteiger charge is -2.26. The quantitative estimate of drug-likeness (QED) is 0.764. The summed E-state index contributed by atoms with van der Waals surface area (Å²) in [7, 11) is 1.87. The van der Waals surface area contributed by atoms with Gasteiger partial charge in [-0.1, -0.05) is 6.42 Å². The highest BCUT2D eigenvalue weighted by molar-refractivity contribution is 5.47. The van der Waals surface area contributed by atoms with Crippen molar-refractivity contribution in [3.8, 4) is 0 Å². The summed E-state index contributed by atoms with van der Waals surface area (Å²) in [6.45, 7) is 7.52. The number of piperidine rings is 1. The van der Waals surface area contributed by atoms with Gasteiger partial charge in [-0.05, 0) is 32.9 Å². The van der Waals surface area contributed by atoms with Crippen molar-refractivity contribution < 1.29 is 4.74 Å². The topological polar surface area (TPSA) is 62.3 Å². The second-order valence-electron chi connectivity index (χ2n) is 5.27. The van der Waals surface area contributed by atoms with Gasteiger partial charge in [-0.3, -0.25) is 0 Å². The normalized spacial score (nSPS) is 15.9. The third kappa shape index (κ3) is 5.47. The summed E-state index contributed by atoms with van der Waals surface area (Å²) in [6.07, 6.45) is 4.04. The molecule has 1 aliphatic rings. The van der Waals surface area contributed by atoms with Crippen LogP contribution in [0.15, 0.2) is 6.07 Å². The summed E-state index contributed by atoms with van der Waals surface area (Å²) < 4.78 is 5.38. The minimum absolute atomic E-state index is 0.451. The van der Waals surface area contributed by atoms with Crippen molar-refractivity contribution in [1.82, 2.24) is 14.9 Å². The van der Waals surface area contributed by atoms with Crippen LogP contribution in [0.25, 0.3) is 0 Å². The molecule has 118 valence electrons. The van der Waals surface area contributed by atoms with E-state index in [9.17, 15) is 0 Å². The van der Waals surface area contributed by atoms with E-state index in [0.29, 0.717) is 19.0 Å². The van der Waals surface area contributed by atoms with E-state index in [1.807, 2.05) is 20.0 Å². The number of nitrogens with one attached hydrogen (secondary N) is 2. The highest BCUT2D eigenvalue weighted by atomic mass is 16.5. The van der Waals surface area contributed by atoms with E-state index in [4.69, 9.17) is 4.74 Å². The molecule has 1 aromatic rings. The van der Waals surface area contributed by atoms with E-state index < -0.39 is 0 Å². The van der Waals surface area contributed by atoms with E-state index in [1.165, 1.54) is 32.4 Å². The zero-order chi connectivity index (χ0) is 14.9. The zero-order valence-corrected chi connectivity index (χ0v) is 13.2. The molecule has 0 bridgehead atoms. The van der Waals surface area contributed by atoms with Crippen LogP contribution in [0, 0.1) is 0 Å².